The smallest absolute Gasteiger partial charge is 0.0960 e. The molecule has 90 valence electrons. The molecule has 3 nitrogen and oxygen atoms in total. The average molecular weight is 313 g/mol. The van der Waals surface area contributed by atoms with Crippen LogP contribution in [0.4, 0.5) is 0 Å². The van der Waals surface area contributed by atoms with E-state index in [0.717, 1.165) is 20.7 Å². The van der Waals surface area contributed by atoms with E-state index in [4.69, 9.17) is 0 Å². The molecule has 0 amide bonds. The van der Waals surface area contributed by atoms with Crippen LogP contribution in [-0.4, -0.2) is 15.1 Å². The molecule has 17 heavy (non-hydrogen) atoms. The molecule has 2 aromatic heterocycles. The molecule has 0 aromatic carbocycles. The molecule has 5 heteroatoms. The molecule has 0 bridgehead atoms. The van der Waals surface area contributed by atoms with Crippen molar-refractivity contribution in [1.82, 2.24) is 9.97 Å². The lowest BCUT2D eigenvalue weighted by molar-refractivity contribution is 0.178. The number of nitrogens with zero attached hydrogens (tertiary/aromatic N) is 2. The second-order valence-corrected chi connectivity index (χ2v) is 6.11. The van der Waals surface area contributed by atoms with Gasteiger partial charge in [0.15, 0.2) is 0 Å². The quantitative estimate of drug-likeness (QED) is 0.946. The zero-order valence-electron chi connectivity index (χ0n) is 9.64. The van der Waals surface area contributed by atoms with E-state index in [-0.39, 0.29) is 0 Å². The first-order valence-corrected chi connectivity index (χ1v) is 6.88. The van der Waals surface area contributed by atoms with Crippen molar-refractivity contribution in [2.24, 2.45) is 0 Å². The third-order valence-electron chi connectivity index (χ3n) is 2.55. The summed E-state index contributed by atoms with van der Waals surface area (Å²) in [6.07, 6.45) is 3.37. The molecule has 0 radical (unpaired) electrons. The second-order valence-electron chi connectivity index (χ2n) is 3.91. The third kappa shape index (κ3) is 3.12. The van der Waals surface area contributed by atoms with E-state index in [1.807, 2.05) is 19.9 Å². The van der Waals surface area contributed by atoms with Gasteiger partial charge in [-0.1, -0.05) is 0 Å². The monoisotopic (exact) mass is 312 g/mol. The van der Waals surface area contributed by atoms with E-state index in [9.17, 15) is 5.11 Å². The lowest BCUT2D eigenvalue weighted by atomic mass is 10.1. The Morgan fingerprint density at radius 3 is 2.76 bits per heavy atom. The van der Waals surface area contributed by atoms with Crippen LogP contribution in [0, 0.1) is 13.8 Å². The van der Waals surface area contributed by atoms with Gasteiger partial charge in [-0.3, -0.25) is 4.98 Å². The zero-order chi connectivity index (χ0) is 12.4. The Balaban J connectivity index is 2.14. The molecule has 0 fully saturated rings. The average Bonchev–Trinajstić information content (AvgIpc) is 2.58. The minimum atomic E-state index is -0.551. The molecule has 2 aromatic rings. The molecule has 1 atom stereocenters. The number of thiazole rings is 1. The van der Waals surface area contributed by atoms with Crippen molar-refractivity contribution >= 4 is 27.3 Å². The first kappa shape index (κ1) is 12.7. The van der Waals surface area contributed by atoms with Gasteiger partial charge in [0, 0.05) is 33.7 Å². The van der Waals surface area contributed by atoms with Crippen LogP contribution in [0.5, 0.6) is 0 Å². The number of aliphatic hydroxyl groups excluding tert-OH is 1. The van der Waals surface area contributed by atoms with Gasteiger partial charge in [0.1, 0.15) is 0 Å². The summed E-state index contributed by atoms with van der Waals surface area (Å²) in [4.78, 5) is 9.68. The van der Waals surface area contributed by atoms with E-state index < -0.39 is 6.10 Å². The first-order valence-electron chi connectivity index (χ1n) is 5.27. The maximum absolute atomic E-state index is 10.1. The number of hydrogen-bond donors (Lipinski definition) is 1. The van der Waals surface area contributed by atoms with Crippen LogP contribution in [0.25, 0.3) is 0 Å². The highest BCUT2D eigenvalue weighted by atomic mass is 79.9. The third-order valence-corrected chi connectivity index (χ3v) is 4.08. The number of aliphatic hydroxyl groups is 1. The zero-order valence-corrected chi connectivity index (χ0v) is 12.0. The van der Waals surface area contributed by atoms with Crippen LogP contribution in [0.1, 0.15) is 27.2 Å². The minimum Gasteiger partial charge on any atom is -0.388 e. The first-order chi connectivity index (χ1) is 8.06. The van der Waals surface area contributed by atoms with Gasteiger partial charge >= 0.3 is 0 Å². The fourth-order valence-electron chi connectivity index (χ4n) is 1.52. The summed E-state index contributed by atoms with van der Waals surface area (Å²) in [5, 5.41) is 11.1. The summed E-state index contributed by atoms with van der Waals surface area (Å²) >= 11 is 4.98. The minimum absolute atomic E-state index is 0.539. The van der Waals surface area contributed by atoms with Crippen molar-refractivity contribution in [2.45, 2.75) is 26.4 Å². The van der Waals surface area contributed by atoms with Gasteiger partial charge in [-0.15, -0.1) is 11.3 Å². The highest BCUT2D eigenvalue weighted by molar-refractivity contribution is 9.10. The number of pyridine rings is 1. The Bertz CT molecular complexity index is 507. The van der Waals surface area contributed by atoms with Crippen LogP contribution in [-0.2, 0) is 6.42 Å². The predicted molar refractivity (Wildman–Crippen MR) is 72.2 cm³/mol. The summed E-state index contributed by atoms with van der Waals surface area (Å²) < 4.78 is 0.876. The lowest BCUT2D eigenvalue weighted by Crippen LogP contribution is -2.02. The van der Waals surface area contributed by atoms with E-state index in [2.05, 4.69) is 25.9 Å². The van der Waals surface area contributed by atoms with Gasteiger partial charge in [-0.05, 0) is 35.8 Å². The van der Waals surface area contributed by atoms with E-state index in [1.165, 1.54) is 4.88 Å². The van der Waals surface area contributed by atoms with Crippen LogP contribution in [0.2, 0.25) is 0 Å². The van der Waals surface area contributed by atoms with E-state index in [0.29, 0.717) is 6.42 Å². The predicted octanol–water partition coefficient (Wildman–Crippen LogP) is 3.19. The fraction of sp³-hybridized carbons (Fsp3) is 0.333. The summed E-state index contributed by atoms with van der Waals surface area (Å²) in [6, 6.07) is 1.88. The van der Waals surface area contributed by atoms with Gasteiger partial charge in [-0.2, -0.15) is 0 Å². The van der Waals surface area contributed by atoms with Gasteiger partial charge in [0.25, 0.3) is 0 Å². The molecule has 1 N–H and O–H groups in total. The maximum Gasteiger partial charge on any atom is 0.0960 e. The van der Waals surface area contributed by atoms with Gasteiger partial charge in [-0.25, -0.2) is 4.98 Å². The van der Waals surface area contributed by atoms with Crippen molar-refractivity contribution < 1.29 is 5.11 Å². The summed E-state index contributed by atoms with van der Waals surface area (Å²) in [7, 11) is 0. The van der Waals surface area contributed by atoms with Gasteiger partial charge < -0.3 is 5.11 Å². The standard InChI is InChI=1S/C12H13BrN2OS/c1-7-8(2)17-12(15-7)4-11(16)9-3-10(13)6-14-5-9/h3,5-6,11,16H,4H2,1-2H3. The molecule has 2 heterocycles. The maximum atomic E-state index is 10.1. The molecule has 0 spiro atoms. The highest BCUT2D eigenvalue weighted by Crippen LogP contribution is 2.24. The summed E-state index contributed by atoms with van der Waals surface area (Å²) in [6.45, 7) is 4.03. The van der Waals surface area contributed by atoms with E-state index >= 15 is 0 Å². The summed E-state index contributed by atoms with van der Waals surface area (Å²) in [5.41, 5.74) is 1.86. The molecule has 0 aliphatic carbocycles. The molecule has 0 aliphatic heterocycles. The molecule has 1 unspecified atom stereocenters. The number of halogens is 1. The molecule has 0 saturated heterocycles. The van der Waals surface area contributed by atoms with Crippen molar-refractivity contribution in [3.8, 4) is 0 Å². The van der Waals surface area contributed by atoms with Crippen LogP contribution >= 0.6 is 27.3 Å². The Morgan fingerprint density at radius 2 is 2.18 bits per heavy atom. The highest BCUT2D eigenvalue weighted by Gasteiger charge is 2.12. The SMILES string of the molecule is Cc1nc(CC(O)c2cncc(Br)c2)sc1C. The fourth-order valence-corrected chi connectivity index (χ4v) is 2.87. The lowest BCUT2D eigenvalue weighted by Gasteiger charge is -2.08. The number of aryl methyl sites for hydroxylation is 2. The number of rotatable bonds is 3. The van der Waals surface area contributed by atoms with Crippen molar-refractivity contribution in [3.63, 3.8) is 0 Å². The van der Waals surface area contributed by atoms with Gasteiger partial charge in [0.2, 0.25) is 0 Å². The summed E-state index contributed by atoms with van der Waals surface area (Å²) in [5.74, 6) is 0. The number of aromatic nitrogens is 2. The Morgan fingerprint density at radius 1 is 1.41 bits per heavy atom. The molecular weight excluding hydrogens is 300 g/mol. The largest absolute Gasteiger partial charge is 0.388 e. The Labute approximate surface area is 113 Å². The van der Waals surface area contributed by atoms with Crippen LogP contribution in [0.15, 0.2) is 22.9 Å². The van der Waals surface area contributed by atoms with Crippen LogP contribution < -0.4 is 0 Å². The molecule has 0 aliphatic rings. The Kier molecular flexibility index (Phi) is 3.91. The van der Waals surface area contributed by atoms with Crippen molar-refractivity contribution in [2.75, 3.05) is 0 Å². The van der Waals surface area contributed by atoms with Crippen molar-refractivity contribution in [1.29, 1.82) is 0 Å². The second kappa shape index (κ2) is 5.25. The van der Waals surface area contributed by atoms with Gasteiger partial charge in [0.05, 0.1) is 16.8 Å². The molecule has 2 rings (SSSR count). The molecular formula is C12H13BrN2OS. The normalized spacial score (nSPS) is 12.7. The van der Waals surface area contributed by atoms with E-state index in [1.54, 1.807) is 23.7 Å². The number of hydrogen-bond acceptors (Lipinski definition) is 4. The topological polar surface area (TPSA) is 46.0 Å². The van der Waals surface area contributed by atoms with Crippen LogP contribution in [0.3, 0.4) is 0 Å². The Hall–Kier alpha value is -0.780. The molecule has 0 saturated carbocycles. The van der Waals surface area contributed by atoms with Crippen molar-refractivity contribution in [3.05, 3.63) is 44.1 Å².